The van der Waals surface area contributed by atoms with Crippen molar-refractivity contribution in [2.75, 3.05) is 0 Å². The van der Waals surface area contributed by atoms with Crippen molar-refractivity contribution in [3.05, 3.63) is 54.1 Å². The van der Waals surface area contributed by atoms with Crippen LogP contribution in [0, 0.1) is 0 Å². The zero-order valence-corrected chi connectivity index (χ0v) is 9.05. The van der Waals surface area contributed by atoms with E-state index in [0.717, 1.165) is 12.0 Å². The number of hydrogen-bond acceptors (Lipinski definition) is 0. The van der Waals surface area contributed by atoms with Gasteiger partial charge in [0.05, 0.1) is 0 Å². The molecule has 1 aromatic rings. The summed E-state index contributed by atoms with van der Waals surface area (Å²) in [5, 5.41) is 0. The van der Waals surface area contributed by atoms with Crippen molar-refractivity contribution in [3.8, 4) is 0 Å². The summed E-state index contributed by atoms with van der Waals surface area (Å²) < 4.78 is 27.7. The van der Waals surface area contributed by atoms with Gasteiger partial charge in [0.25, 0.3) is 5.92 Å². The molecule has 0 heterocycles. The summed E-state index contributed by atoms with van der Waals surface area (Å²) in [5.41, 5.74) is 1.87. The van der Waals surface area contributed by atoms with Crippen molar-refractivity contribution in [3.63, 3.8) is 0 Å². The van der Waals surface area contributed by atoms with Gasteiger partial charge in [0.1, 0.15) is 0 Å². The molecule has 0 atom stereocenters. The average Bonchev–Trinajstić information content (AvgIpc) is 2.28. The van der Waals surface area contributed by atoms with Crippen LogP contribution in [0.4, 0.5) is 8.78 Å². The van der Waals surface area contributed by atoms with Crippen LogP contribution >= 0.6 is 0 Å². The first-order valence-corrected chi connectivity index (χ1v) is 5.43. The van der Waals surface area contributed by atoms with Crippen molar-refractivity contribution < 1.29 is 8.78 Å². The molecule has 0 spiro atoms. The van der Waals surface area contributed by atoms with Gasteiger partial charge in [-0.2, -0.15) is 0 Å². The predicted octanol–water partition coefficient (Wildman–Crippen LogP) is 4.23. The van der Waals surface area contributed by atoms with E-state index in [4.69, 9.17) is 0 Å². The number of benzene rings is 1. The summed E-state index contributed by atoms with van der Waals surface area (Å²) >= 11 is 0. The second-order valence-corrected chi connectivity index (χ2v) is 4.01. The second kappa shape index (κ2) is 4.20. The number of alkyl halides is 2. The Balaban J connectivity index is 2.43. The molecule has 0 radical (unpaired) electrons. The van der Waals surface area contributed by atoms with Gasteiger partial charge in [-0.25, -0.2) is 8.78 Å². The van der Waals surface area contributed by atoms with Gasteiger partial charge in [-0.1, -0.05) is 36.4 Å². The Kier molecular flexibility index (Phi) is 2.90. The van der Waals surface area contributed by atoms with Crippen molar-refractivity contribution >= 4 is 5.57 Å². The standard InChI is InChI=1S/C14H14F2/c1-2-10-14(15,16)13-9-5-7-11-6-3-4-8-12(11)13/h2-4,6,8-9H,1,5,7,10H2. The summed E-state index contributed by atoms with van der Waals surface area (Å²) in [7, 11) is 0. The SMILES string of the molecule is C=CCC(F)(F)C1=CCCc2ccccc21. The number of aryl methyl sites for hydroxylation is 1. The lowest BCUT2D eigenvalue weighted by molar-refractivity contribution is 0.0701. The summed E-state index contributed by atoms with van der Waals surface area (Å²) in [5.74, 6) is -2.79. The minimum Gasteiger partial charge on any atom is -0.201 e. The van der Waals surface area contributed by atoms with Crippen LogP contribution in [-0.4, -0.2) is 5.92 Å². The molecule has 0 saturated carbocycles. The van der Waals surface area contributed by atoms with Crippen LogP contribution in [0.15, 0.2) is 43.0 Å². The van der Waals surface area contributed by atoms with Crippen LogP contribution in [0.2, 0.25) is 0 Å². The van der Waals surface area contributed by atoms with E-state index in [1.54, 1.807) is 12.1 Å². The molecule has 2 heteroatoms. The van der Waals surface area contributed by atoms with Gasteiger partial charge >= 0.3 is 0 Å². The molecule has 0 bridgehead atoms. The second-order valence-electron chi connectivity index (χ2n) is 4.01. The van der Waals surface area contributed by atoms with Crippen LogP contribution < -0.4 is 0 Å². The minimum atomic E-state index is -2.79. The van der Waals surface area contributed by atoms with E-state index in [-0.39, 0.29) is 12.0 Å². The van der Waals surface area contributed by atoms with E-state index >= 15 is 0 Å². The Hall–Kier alpha value is -1.44. The Bertz CT molecular complexity index is 430. The third-order valence-electron chi connectivity index (χ3n) is 2.86. The van der Waals surface area contributed by atoms with Gasteiger partial charge in [-0.3, -0.25) is 0 Å². The molecule has 0 saturated heterocycles. The highest BCUT2D eigenvalue weighted by Gasteiger charge is 2.35. The number of rotatable bonds is 3. The highest BCUT2D eigenvalue weighted by molar-refractivity contribution is 5.74. The molecule has 1 aromatic carbocycles. The Labute approximate surface area is 94.3 Å². The van der Waals surface area contributed by atoms with Gasteiger partial charge < -0.3 is 0 Å². The van der Waals surface area contributed by atoms with Gasteiger partial charge in [-0.05, 0) is 24.0 Å². The zero-order chi connectivity index (χ0) is 11.6. The Morgan fingerprint density at radius 2 is 2.06 bits per heavy atom. The van der Waals surface area contributed by atoms with Gasteiger partial charge in [0, 0.05) is 12.0 Å². The maximum atomic E-state index is 13.8. The van der Waals surface area contributed by atoms with Crippen LogP contribution in [0.3, 0.4) is 0 Å². The van der Waals surface area contributed by atoms with Crippen molar-refractivity contribution in [2.45, 2.75) is 25.2 Å². The average molecular weight is 220 g/mol. The lowest BCUT2D eigenvalue weighted by Gasteiger charge is -2.24. The molecule has 16 heavy (non-hydrogen) atoms. The Morgan fingerprint density at radius 3 is 2.81 bits per heavy atom. The lowest BCUT2D eigenvalue weighted by Crippen LogP contribution is -2.20. The lowest BCUT2D eigenvalue weighted by atomic mass is 9.86. The molecular formula is C14H14F2. The smallest absolute Gasteiger partial charge is 0.201 e. The quantitative estimate of drug-likeness (QED) is 0.669. The first kappa shape index (κ1) is 11.1. The van der Waals surface area contributed by atoms with Gasteiger partial charge in [-0.15, -0.1) is 6.58 Å². The maximum absolute atomic E-state index is 13.8. The zero-order valence-electron chi connectivity index (χ0n) is 9.05. The third kappa shape index (κ3) is 1.92. The van der Waals surface area contributed by atoms with Crippen LogP contribution in [0.1, 0.15) is 24.0 Å². The van der Waals surface area contributed by atoms with Crippen molar-refractivity contribution in [1.29, 1.82) is 0 Å². The Morgan fingerprint density at radius 1 is 1.31 bits per heavy atom. The normalized spacial score (nSPS) is 15.2. The molecular weight excluding hydrogens is 206 g/mol. The summed E-state index contributed by atoms with van der Waals surface area (Å²) in [4.78, 5) is 0. The molecule has 1 aliphatic rings. The number of fused-ring (bicyclic) bond motifs is 1. The first-order chi connectivity index (χ1) is 7.65. The van der Waals surface area contributed by atoms with E-state index in [1.807, 2.05) is 18.2 Å². The third-order valence-corrected chi connectivity index (χ3v) is 2.86. The van der Waals surface area contributed by atoms with E-state index in [1.165, 1.54) is 6.08 Å². The highest BCUT2D eigenvalue weighted by Crippen LogP contribution is 2.39. The summed E-state index contributed by atoms with van der Waals surface area (Å²) in [6, 6.07) is 7.40. The molecule has 84 valence electrons. The van der Waals surface area contributed by atoms with E-state index in [9.17, 15) is 8.78 Å². The van der Waals surface area contributed by atoms with Crippen molar-refractivity contribution in [2.24, 2.45) is 0 Å². The topological polar surface area (TPSA) is 0 Å². The predicted molar refractivity (Wildman–Crippen MR) is 62.5 cm³/mol. The molecule has 0 unspecified atom stereocenters. The van der Waals surface area contributed by atoms with Gasteiger partial charge in [0.2, 0.25) is 0 Å². The fraction of sp³-hybridized carbons (Fsp3) is 0.286. The van der Waals surface area contributed by atoms with Gasteiger partial charge in [0.15, 0.2) is 0 Å². The van der Waals surface area contributed by atoms with E-state index in [2.05, 4.69) is 6.58 Å². The van der Waals surface area contributed by atoms with E-state index in [0.29, 0.717) is 12.0 Å². The molecule has 1 aliphatic carbocycles. The number of allylic oxidation sites excluding steroid dienone is 3. The molecule has 0 amide bonds. The molecule has 0 N–H and O–H groups in total. The first-order valence-electron chi connectivity index (χ1n) is 5.43. The largest absolute Gasteiger partial charge is 0.276 e. The fourth-order valence-electron chi connectivity index (χ4n) is 2.12. The molecule has 0 aliphatic heterocycles. The molecule has 2 rings (SSSR count). The minimum absolute atomic E-state index is 0.161. The summed E-state index contributed by atoms with van der Waals surface area (Å²) in [6.45, 7) is 3.39. The van der Waals surface area contributed by atoms with Crippen LogP contribution in [0.25, 0.3) is 5.57 Å². The van der Waals surface area contributed by atoms with E-state index < -0.39 is 5.92 Å². The maximum Gasteiger partial charge on any atom is 0.276 e. The summed E-state index contributed by atoms with van der Waals surface area (Å²) in [6.07, 6.45) is 4.18. The fourth-order valence-corrected chi connectivity index (χ4v) is 2.12. The van der Waals surface area contributed by atoms with Crippen LogP contribution in [-0.2, 0) is 6.42 Å². The number of halogens is 2. The monoisotopic (exact) mass is 220 g/mol. The molecule has 0 nitrogen and oxygen atoms in total. The highest BCUT2D eigenvalue weighted by atomic mass is 19.3. The number of hydrogen-bond donors (Lipinski definition) is 0. The molecule has 0 aromatic heterocycles. The molecule has 0 fully saturated rings. The van der Waals surface area contributed by atoms with Crippen LogP contribution in [0.5, 0.6) is 0 Å². The van der Waals surface area contributed by atoms with Crippen molar-refractivity contribution in [1.82, 2.24) is 0 Å².